The van der Waals surface area contributed by atoms with Crippen LogP contribution in [0.4, 0.5) is 13.2 Å². The number of rotatable bonds is 4. The fourth-order valence-corrected chi connectivity index (χ4v) is 2.59. The van der Waals surface area contributed by atoms with E-state index in [0.29, 0.717) is 10.6 Å². The highest BCUT2D eigenvalue weighted by Crippen LogP contribution is 2.66. The van der Waals surface area contributed by atoms with Gasteiger partial charge in [-0.25, -0.2) is 0 Å². The average Bonchev–Trinajstić information content (AvgIpc) is 3.07. The molecule has 2 rings (SSSR count). The number of hydrogen-bond donors (Lipinski definition) is 1. The molecular formula is C13H12ClF3O2. The Bertz CT molecular complexity index is 478. The quantitative estimate of drug-likeness (QED) is 0.901. The minimum absolute atomic E-state index is 0.0168. The molecule has 0 amide bonds. The molecule has 1 aromatic rings. The first-order chi connectivity index (χ1) is 8.76. The third-order valence-corrected chi connectivity index (χ3v) is 3.92. The summed E-state index contributed by atoms with van der Waals surface area (Å²) in [5.74, 6) is -2.28. The molecule has 1 atom stereocenters. The Morgan fingerprint density at radius 1 is 1.32 bits per heavy atom. The van der Waals surface area contributed by atoms with Gasteiger partial charge in [-0.3, -0.25) is 4.79 Å². The van der Waals surface area contributed by atoms with E-state index in [0.717, 1.165) is 0 Å². The molecule has 0 aliphatic heterocycles. The van der Waals surface area contributed by atoms with Gasteiger partial charge in [-0.2, -0.15) is 13.2 Å². The zero-order valence-electron chi connectivity index (χ0n) is 9.88. The van der Waals surface area contributed by atoms with E-state index in [1.54, 1.807) is 0 Å². The van der Waals surface area contributed by atoms with Crippen molar-refractivity contribution in [2.45, 2.75) is 31.4 Å². The van der Waals surface area contributed by atoms with Crippen LogP contribution in [0.5, 0.6) is 0 Å². The summed E-state index contributed by atoms with van der Waals surface area (Å²) in [6, 6.07) is 5.92. The number of aliphatic carboxylic acids is 1. The maximum Gasteiger partial charge on any atom is 0.395 e. The summed E-state index contributed by atoms with van der Waals surface area (Å²) in [6.07, 6.45) is -4.94. The number of alkyl halides is 3. The second kappa shape index (κ2) is 4.71. The summed E-state index contributed by atoms with van der Waals surface area (Å²) < 4.78 is 39.4. The van der Waals surface area contributed by atoms with Crippen molar-refractivity contribution in [3.05, 3.63) is 34.9 Å². The topological polar surface area (TPSA) is 37.3 Å². The second-order valence-corrected chi connectivity index (χ2v) is 5.29. The summed E-state index contributed by atoms with van der Waals surface area (Å²) in [7, 11) is 0. The van der Waals surface area contributed by atoms with Crippen LogP contribution in [0.2, 0.25) is 5.02 Å². The van der Waals surface area contributed by atoms with E-state index in [1.165, 1.54) is 24.3 Å². The van der Waals surface area contributed by atoms with Gasteiger partial charge in [0.1, 0.15) is 0 Å². The molecular weight excluding hydrogens is 281 g/mol. The van der Waals surface area contributed by atoms with E-state index in [4.69, 9.17) is 16.7 Å². The van der Waals surface area contributed by atoms with Crippen molar-refractivity contribution in [2.75, 3.05) is 0 Å². The van der Waals surface area contributed by atoms with Crippen LogP contribution >= 0.6 is 11.6 Å². The second-order valence-electron chi connectivity index (χ2n) is 4.86. The van der Waals surface area contributed by atoms with Crippen molar-refractivity contribution in [1.29, 1.82) is 0 Å². The maximum absolute atomic E-state index is 13.1. The van der Waals surface area contributed by atoms with E-state index < -0.39 is 29.9 Å². The van der Waals surface area contributed by atoms with Crippen LogP contribution < -0.4 is 0 Å². The third kappa shape index (κ3) is 2.71. The average molecular weight is 293 g/mol. The van der Waals surface area contributed by atoms with Gasteiger partial charge in [0.2, 0.25) is 0 Å². The summed E-state index contributed by atoms with van der Waals surface area (Å²) in [5.41, 5.74) is -1.51. The molecule has 0 spiro atoms. The first kappa shape index (κ1) is 14.2. The first-order valence-electron chi connectivity index (χ1n) is 5.80. The number of benzene rings is 1. The molecule has 0 bridgehead atoms. The smallest absolute Gasteiger partial charge is 0.395 e. The number of hydrogen-bond acceptors (Lipinski definition) is 1. The highest BCUT2D eigenvalue weighted by molar-refractivity contribution is 6.30. The molecule has 0 heterocycles. The molecule has 1 fully saturated rings. The van der Waals surface area contributed by atoms with Crippen LogP contribution in [0.25, 0.3) is 0 Å². The summed E-state index contributed by atoms with van der Waals surface area (Å²) in [6.45, 7) is 0. The van der Waals surface area contributed by atoms with Crippen LogP contribution in [0, 0.1) is 5.41 Å². The molecule has 1 aliphatic rings. The Hall–Kier alpha value is -1.23. The van der Waals surface area contributed by atoms with Gasteiger partial charge in [0, 0.05) is 10.9 Å². The van der Waals surface area contributed by atoms with Crippen LogP contribution in [0.3, 0.4) is 0 Å². The molecule has 19 heavy (non-hydrogen) atoms. The van der Waals surface area contributed by atoms with E-state index in [-0.39, 0.29) is 12.8 Å². The zero-order chi connectivity index (χ0) is 14.3. The molecule has 1 saturated carbocycles. The Balaban J connectivity index is 2.37. The van der Waals surface area contributed by atoms with Gasteiger partial charge in [0.25, 0.3) is 0 Å². The molecule has 2 nitrogen and oxygen atoms in total. The number of carbonyl (C=O) groups is 1. The predicted octanol–water partition coefficient (Wildman–Crippen LogP) is 4.24. The molecule has 0 saturated heterocycles. The largest absolute Gasteiger partial charge is 0.481 e. The van der Waals surface area contributed by atoms with Gasteiger partial charge in [0.05, 0.1) is 11.8 Å². The Morgan fingerprint density at radius 3 is 2.21 bits per heavy atom. The van der Waals surface area contributed by atoms with Crippen molar-refractivity contribution >= 4 is 17.6 Å². The maximum atomic E-state index is 13.1. The van der Waals surface area contributed by atoms with E-state index >= 15 is 0 Å². The van der Waals surface area contributed by atoms with Gasteiger partial charge >= 0.3 is 12.1 Å². The van der Waals surface area contributed by atoms with Crippen LogP contribution in [0.15, 0.2) is 24.3 Å². The molecule has 0 unspecified atom stereocenters. The zero-order valence-corrected chi connectivity index (χ0v) is 10.6. The van der Waals surface area contributed by atoms with Crippen LogP contribution in [0.1, 0.15) is 30.7 Å². The fourth-order valence-electron chi connectivity index (χ4n) is 2.47. The first-order valence-corrected chi connectivity index (χ1v) is 6.18. The van der Waals surface area contributed by atoms with Crippen LogP contribution in [-0.4, -0.2) is 17.3 Å². The lowest BCUT2D eigenvalue weighted by atomic mass is 9.80. The fraction of sp³-hybridized carbons (Fsp3) is 0.462. The van der Waals surface area contributed by atoms with Gasteiger partial charge in [-0.05, 0) is 30.5 Å². The van der Waals surface area contributed by atoms with E-state index in [9.17, 15) is 18.0 Å². The Kier molecular flexibility index (Phi) is 3.51. The lowest BCUT2D eigenvalue weighted by Crippen LogP contribution is -2.32. The standard InChI is InChI=1S/C13H12ClF3O2/c14-9-3-1-8(2-4-9)10(7-11(18)19)12(5-6-12)13(15,16)17/h1-4,10H,5-7H2,(H,18,19)/t10-/m1/s1. The Labute approximate surface area is 113 Å². The normalized spacial score (nSPS) is 18.9. The highest BCUT2D eigenvalue weighted by atomic mass is 35.5. The molecule has 1 aliphatic carbocycles. The molecule has 1 N–H and O–H groups in total. The van der Waals surface area contributed by atoms with Gasteiger partial charge in [-0.1, -0.05) is 23.7 Å². The number of carboxylic acids is 1. The molecule has 0 radical (unpaired) electrons. The van der Waals surface area contributed by atoms with Gasteiger partial charge in [0.15, 0.2) is 0 Å². The molecule has 0 aromatic heterocycles. The van der Waals surface area contributed by atoms with Crippen LogP contribution in [-0.2, 0) is 4.79 Å². The van der Waals surface area contributed by atoms with Crippen molar-refractivity contribution in [3.8, 4) is 0 Å². The molecule has 104 valence electrons. The highest BCUT2D eigenvalue weighted by Gasteiger charge is 2.67. The summed E-state index contributed by atoms with van der Waals surface area (Å²) >= 11 is 5.70. The van der Waals surface area contributed by atoms with Crippen molar-refractivity contribution in [1.82, 2.24) is 0 Å². The minimum Gasteiger partial charge on any atom is -0.481 e. The lowest BCUT2D eigenvalue weighted by Gasteiger charge is -2.28. The van der Waals surface area contributed by atoms with Crippen molar-refractivity contribution < 1.29 is 23.1 Å². The lowest BCUT2D eigenvalue weighted by molar-refractivity contribution is -0.195. The van der Waals surface area contributed by atoms with Crippen molar-refractivity contribution in [3.63, 3.8) is 0 Å². The third-order valence-electron chi connectivity index (χ3n) is 3.67. The molecule has 1 aromatic carbocycles. The SMILES string of the molecule is O=C(O)C[C@H](c1ccc(Cl)cc1)C1(C(F)(F)F)CC1. The van der Waals surface area contributed by atoms with Crippen molar-refractivity contribution in [2.24, 2.45) is 5.41 Å². The van der Waals surface area contributed by atoms with E-state index in [1.807, 2.05) is 0 Å². The predicted molar refractivity (Wildman–Crippen MR) is 64.2 cm³/mol. The van der Waals surface area contributed by atoms with E-state index in [2.05, 4.69) is 0 Å². The number of carboxylic acid groups (broad SMARTS) is 1. The monoisotopic (exact) mass is 292 g/mol. The van der Waals surface area contributed by atoms with Gasteiger partial charge in [-0.15, -0.1) is 0 Å². The van der Waals surface area contributed by atoms with Gasteiger partial charge < -0.3 is 5.11 Å². The Morgan fingerprint density at radius 2 is 1.84 bits per heavy atom. The number of halogens is 4. The minimum atomic E-state index is -4.38. The molecule has 6 heteroatoms. The summed E-state index contributed by atoms with van der Waals surface area (Å²) in [5, 5.41) is 9.27. The summed E-state index contributed by atoms with van der Waals surface area (Å²) in [4.78, 5) is 10.9.